The lowest BCUT2D eigenvalue weighted by Gasteiger charge is -2.30. The van der Waals surface area contributed by atoms with Crippen LogP contribution in [0.4, 0.5) is 11.4 Å². The molecule has 3 aromatic rings. The zero-order valence-electron chi connectivity index (χ0n) is 16.1. The molecule has 1 N–H and O–H groups in total. The van der Waals surface area contributed by atoms with Crippen molar-refractivity contribution < 1.29 is 13.9 Å². The summed E-state index contributed by atoms with van der Waals surface area (Å²) in [5, 5.41) is 4.01. The van der Waals surface area contributed by atoms with Crippen molar-refractivity contribution >= 4 is 46.6 Å². The molecule has 2 heterocycles. The van der Waals surface area contributed by atoms with Gasteiger partial charge in [0, 0.05) is 34.8 Å². The van der Waals surface area contributed by atoms with Gasteiger partial charge in [0.25, 0.3) is 0 Å². The Labute approximate surface area is 184 Å². The number of amides is 1. The highest BCUT2D eigenvalue weighted by Gasteiger charge is 2.15. The number of benzene rings is 2. The molecule has 0 spiro atoms. The maximum Gasteiger partial charge on any atom is 0.248 e. The van der Waals surface area contributed by atoms with Gasteiger partial charge in [-0.3, -0.25) is 4.79 Å². The van der Waals surface area contributed by atoms with Crippen LogP contribution in [0.5, 0.6) is 0 Å². The zero-order chi connectivity index (χ0) is 20.9. The molecule has 0 radical (unpaired) electrons. The van der Waals surface area contributed by atoms with Crippen molar-refractivity contribution in [3.8, 4) is 11.3 Å². The summed E-state index contributed by atoms with van der Waals surface area (Å²) < 4.78 is 11.2. The third-order valence-corrected chi connectivity index (χ3v) is 5.12. The Morgan fingerprint density at radius 1 is 1.00 bits per heavy atom. The molecule has 1 fully saturated rings. The van der Waals surface area contributed by atoms with Gasteiger partial charge in [-0.1, -0.05) is 35.3 Å². The lowest BCUT2D eigenvalue weighted by atomic mass is 10.2. The fraction of sp³-hybridized carbons (Fsp3) is 0.174. The largest absolute Gasteiger partial charge is 0.457 e. The first-order chi connectivity index (χ1) is 14.6. The van der Waals surface area contributed by atoms with Crippen molar-refractivity contribution in [1.82, 2.24) is 0 Å². The number of furan rings is 1. The van der Waals surface area contributed by atoms with E-state index in [4.69, 9.17) is 32.4 Å². The van der Waals surface area contributed by atoms with Crippen LogP contribution in [-0.2, 0) is 9.53 Å². The van der Waals surface area contributed by atoms with Crippen LogP contribution >= 0.6 is 23.2 Å². The molecule has 0 unspecified atom stereocenters. The molecule has 0 saturated carbocycles. The highest BCUT2D eigenvalue weighted by Crippen LogP contribution is 2.29. The summed E-state index contributed by atoms with van der Waals surface area (Å²) in [4.78, 5) is 14.7. The number of halogens is 2. The minimum absolute atomic E-state index is 0.237. The number of nitrogens with one attached hydrogen (secondary N) is 1. The summed E-state index contributed by atoms with van der Waals surface area (Å²) in [6.45, 7) is 2.96. The quantitative estimate of drug-likeness (QED) is 0.511. The van der Waals surface area contributed by atoms with E-state index in [1.165, 1.54) is 6.08 Å². The van der Waals surface area contributed by atoms with Crippen LogP contribution in [0.3, 0.4) is 0 Å². The summed E-state index contributed by atoms with van der Waals surface area (Å²) in [5.41, 5.74) is 2.53. The predicted molar refractivity (Wildman–Crippen MR) is 121 cm³/mol. The number of morpholine rings is 1. The molecule has 2 aromatic carbocycles. The minimum atomic E-state index is -0.237. The second-order valence-electron chi connectivity index (χ2n) is 6.80. The van der Waals surface area contributed by atoms with E-state index in [1.807, 2.05) is 30.3 Å². The first kappa shape index (κ1) is 20.5. The zero-order valence-corrected chi connectivity index (χ0v) is 17.6. The average Bonchev–Trinajstić information content (AvgIpc) is 3.22. The van der Waals surface area contributed by atoms with Crippen molar-refractivity contribution in [2.24, 2.45) is 0 Å². The van der Waals surface area contributed by atoms with Crippen LogP contribution in [0.1, 0.15) is 5.76 Å². The summed E-state index contributed by atoms with van der Waals surface area (Å²) in [7, 11) is 0. The smallest absolute Gasteiger partial charge is 0.248 e. The number of hydrogen-bond donors (Lipinski definition) is 1. The van der Waals surface area contributed by atoms with Crippen molar-refractivity contribution in [3.05, 3.63) is 76.5 Å². The lowest BCUT2D eigenvalue weighted by molar-refractivity contribution is -0.111. The number of rotatable bonds is 5. The molecule has 1 amide bonds. The number of ether oxygens (including phenoxy) is 1. The van der Waals surface area contributed by atoms with Crippen molar-refractivity contribution in [2.45, 2.75) is 0 Å². The monoisotopic (exact) mass is 442 g/mol. The molecule has 0 bridgehead atoms. The summed E-state index contributed by atoms with van der Waals surface area (Å²) in [5.74, 6) is 0.939. The number of para-hydroxylation sites is 2. The van der Waals surface area contributed by atoms with Crippen LogP contribution in [0.15, 0.2) is 65.1 Å². The van der Waals surface area contributed by atoms with Gasteiger partial charge in [0.15, 0.2) is 0 Å². The maximum atomic E-state index is 12.5. The highest BCUT2D eigenvalue weighted by atomic mass is 35.5. The van der Waals surface area contributed by atoms with Crippen molar-refractivity contribution in [3.63, 3.8) is 0 Å². The molecule has 5 nitrogen and oxygen atoms in total. The molecular formula is C23H20Cl2N2O3. The molecular weight excluding hydrogens is 423 g/mol. The second-order valence-corrected chi connectivity index (χ2v) is 7.67. The standard InChI is InChI=1S/C23H20Cl2N2O3/c24-17-13-16(14-18(25)15-17)22-7-5-19(30-22)6-8-23(28)26-20-3-1-2-4-21(20)27-9-11-29-12-10-27/h1-8,13-15H,9-12H2,(H,26,28)/b8-6+. The topological polar surface area (TPSA) is 54.7 Å². The van der Waals surface area contributed by atoms with E-state index >= 15 is 0 Å². The van der Waals surface area contributed by atoms with Gasteiger partial charge in [0.2, 0.25) is 5.91 Å². The molecule has 0 aliphatic carbocycles. The van der Waals surface area contributed by atoms with E-state index in [0.717, 1.165) is 30.0 Å². The van der Waals surface area contributed by atoms with E-state index < -0.39 is 0 Å². The van der Waals surface area contributed by atoms with Crippen LogP contribution in [0.25, 0.3) is 17.4 Å². The summed E-state index contributed by atoms with van der Waals surface area (Å²) in [6, 6.07) is 16.6. The molecule has 7 heteroatoms. The normalized spacial score (nSPS) is 14.3. The van der Waals surface area contributed by atoms with Gasteiger partial charge in [-0.2, -0.15) is 0 Å². The van der Waals surface area contributed by atoms with Crippen molar-refractivity contribution in [2.75, 3.05) is 36.5 Å². The Hall–Kier alpha value is -2.73. The number of hydrogen-bond acceptors (Lipinski definition) is 4. The Bertz CT molecular complexity index is 1050. The van der Waals surface area contributed by atoms with Crippen molar-refractivity contribution in [1.29, 1.82) is 0 Å². The van der Waals surface area contributed by atoms with Gasteiger partial charge in [0.1, 0.15) is 11.5 Å². The van der Waals surface area contributed by atoms with Crippen LogP contribution < -0.4 is 10.2 Å². The predicted octanol–water partition coefficient (Wildman–Crippen LogP) is 5.74. The molecule has 1 aliphatic rings. The minimum Gasteiger partial charge on any atom is -0.457 e. The molecule has 1 aromatic heterocycles. The molecule has 154 valence electrons. The van der Waals surface area contributed by atoms with Gasteiger partial charge in [-0.15, -0.1) is 0 Å². The van der Waals surface area contributed by atoms with Gasteiger partial charge >= 0.3 is 0 Å². The van der Waals surface area contributed by atoms with Crippen LogP contribution in [0.2, 0.25) is 10.0 Å². The summed E-state index contributed by atoms with van der Waals surface area (Å²) in [6.07, 6.45) is 3.08. The van der Waals surface area contributed by atoms with Crippen LogP contribution in [-0.4, -0.2) is 32.2 Å². The first-order valence-corrected chi connectivity index (χ1v) is 10.3. The third kappa shape index (κ3) is 5.05. The number of carbonyl (C=O) groups excluding carboxylic acids is 1. The van der Waals surface area contributed by atoms with Crippen LogP contribution in [0, 0.1) is 0 Å². The van der Waals surface area contributed by atoms with Gasteiger partial charge in [-0.25, -0.2) is 0 Å². The number of nitrogens with zero attached hydrogens (tertiary/aromatic N) is 1. The number of carbonyl (C=O) groups is 1. The maximum absolute atomic E-state index is 12.5. The fourth-order valence-corrected chi connectivity index (χ4v) is 3.81. The number of anilines is 2. The van der Waals surface area contributed by atoms with E-state index in [0.29, 0.717) is 34.8 Å². The Kier molecular flexibility index (Phi) is 6.43. The Morgan fingerprint density at radius 2 is 1.73 bits per heavy atom. The first-order valence-electron chi connectivity index (χ1n) is 9.55. The molecule has 4 rings (SSSR count). The van der Waals surface area contributed by atoms with E-state index in [-0.39, 0.29) is 5.91 Å². The average molecular weight is 443 g/mol. The fourth-order valence-electron chi connectivity index (χ4n) is 3.29. The SMILES string of the molecule is O=C(/C=C/c1ccc(-c2cc(Cl)cc(Cl)c2)o1)Nc1ccccc1N1CCOCC1. The third-order valence-electron chi connectivity index (χ3n) is 4.69. The Morgan fingerprint density at radius 3 is 2.50 bits per heavy atom. The molecule has 1 aliphatic heterocycles. The molecule has 30 heavy (non-hydrogen) atoms. The highest BCUT2D eigenvalue weighted by molar-refractivity contribution is 6.35. The molecule has 0 atom stereocenters. The Balaban J connectivity index is 1.44. The van der Waals surface area contributed by atoms with Gasteiger partial charge in [0.05, 0.1) is 24.6 Å². The molecule has 1 saturated heterocycles. The van der Waals surface area contributed by atoms with Gasteiger partial charge in [-0.05, 0) is 48.5 Å². The van der Waals surface area contributed by atoms with E-state index in [1.54, 1.807) is 30.3 Å². The van der Waals surface area contributed by atoms with E-state index in [9.17, 15) is 4.79 Å². The van der Waals surface area contributed by atoms with E-state index in [2.05, 4.69) is 10.2 Å². The summed E-state index contributed by atoms with van der Waals surface area (Å²) >= 11 is 12.1. The lowest BCUT2D eigenvalue weighted by Crippen LogP contribution is -2.36. The second kappa shape index (κ2) is 9.39. The van der Waals surface area contributed by atoms with Gasteiger partial charge < -0.3 is 19.4 Å².